The van der Waals surface area contributed by atoms with Crippen LogP contribution in [-0.4, -0.2) is 23.5 Å². The molecule has 0 spiro atoms. The molecule has 1 heterocycles. The quantitative estimate of drug-likeness (QED) is 0.888. The maximum absolute atomic E-state index is 11.8. The number of ether oxygens (including phenoxy) is 1. The number of carbonyl (C=O) groups is 1. The molecular weight excluding hydrogens is 296 g/mol. The number of aryl methyl sites for hydroxylation is 1. The van der Waals surface area contributed by atoms with E-state index >= 15 is 0 Å². The molecule has 0 saturated heterocycles. The fraction of sp³-hybridized carbons (Fsp3) is 0.412. The van der Waals surface area contributed by atoms with Gasteiger partial charge in [0.15, 0.2) is 6.61 Å². The van der Waals surface area contributed by atoms with Crippen molar-refractivity contribution in [1.82, 2.24) is 10.3 Å². The van der Waals surface area contributed by atoms with Gasteiger partial charge in [-0.1, -0.05) is 0 Å². The number of aromatic nitrogens is 1. The predicted octanol–water partition coefficient (Wildman–Crippen LogP) is 3.41. The molecule has 5 heteroatoms. The third-order valence-electron chi connectivity index (χ3n) is 3.81. The van der Waals surface area contributed by atoms with Crippen LogP contribution in [0.1, 0.15) is 25.5 Å². The molecule has 1 aromatic heterocycles. The summed E-state index contributed by atoms with van der Waals surface area (Å²) in [5.74, 6) is 1.30. The molecule has 1 fully saturated rings. The Bertz CT molecular complexity index is 647. The van der Waals surface area contributed by atoms with Gasteiger partial charge in [-0.25, -0.2) is 4.98 Å². The van der Waals surface area contributed by atoms with Crippen LogP contribution in [0.25, 0.3) is 10.6 Å². The summed E-state index contributed by atoms with van der Waals surface area (Å²) in [5.41, 5.74) is 2.10. The van der Waals surface area contributed by atoms with Crippen molar-refractivity contribution in [2.45, 2.75) is 32.7 Å². The van der Waals surface area contributed by atoms with E-state index in [2.05, 4.69) is 17.2 Å². The first-order chi connectivity index (χ1) is 10.6. The maximum atomic E-state index is 11.8. The van der Waals surface area contributed by atoms with Gasteiger partial charge in [0, 0.05) is 22.7 Å². The van der Waals surface area contributed by atoms with Crippen LogP contribution < -0.4 is 10.1 Å². The molecule has 0 radical (unpaired) electrons. The van der Waals surface area contributed by atoms with E-state index in [0.717, 1.165) is 16.3 Å². The van der Waals surface area contributed by atoms with Gasteiger partial charge in [0.05, 0.1) is 0 Å². The second-order valence-electron chi connectivity index (χ2n) is 5.80. The van der Waals surface area contributed by atoms with Crippen LogP contribution in [0.15, 0.2) is 29.6 Å². The SMILES string of the molecule is Cc1csc(-c2ccc(OCC(=O)N[C@@H](C)C3CC3)cc2)n1. The lowest BCUT2D eigenvalue weighted by Gasteiger charge is -2.13. The molecule has 0 unspecified atom stereocenters. The largest absolute Gasteiger partial charge is 0.484 e. The van der Waals surface area contributed by atoms with E-state index in [9.17, 15) is 4.79 Å². The summed E-state index contributed by atoms with van der Waals surface area (Å²) in [6.07, 6.45) is 2.44. The average Bonchev–Trinajstić information content (AvgIpc) is 3.28. The monoisotopic (exact) mass is 316 g/mol. The Morgan fingerprint density at radius 3 is 2.73 bits per heavy atom. The third kappa shape index (κ3) is 3.85. The summed E-state index contributed by atoms with van der Waals surface area (Å²) < 4.78 is 5.54. The van der Waals surface area contributed by atoms with Crippen LogP contribution in [0.4, 0.5) is 0 Å². The van der Waals surface area contributed by atoms with E-state index < -0.39 is 0 Å². The number of hydrogen-bond donors (Lipinski definition) is 1. The molecule has 1 amide bonds. The highest BCUT2D eigenvalue weighted by Gasteiger charge is 2.28. The van der Waals surface area contributed by atoms with Crippen molar-refractivity contribution in [3.63, 3.8) is 0 Å². The van der Waals surface area contributed by atoms with Gasteiger partial charge < -0.3 is 10.1 Å². The standard InChI is InChI=1S/C17H20N2O2S/c1-11-10-22-17(18-11)14-5-7-15(8-6-14)21-9-16(20)19-12(2)13-3-4-13/h5-8,10,12-13H,3-4,9H2,1-2H3,(H,19,20)/t12-/m0/s1. The zero-order valence-electron chi connectivity index (χ0n) is 12.8. The third-order valence-corrected chi connectivity index (χ3v) is 4.82. The zero-order valence-corrected chi connectivity index (χ0v) is 13.7. The molecule has 4 nitrogen and oxygen atoms in total. The summed E-state index contributed by atoms with van der Waals surface area (Å²) in [6, 6.07) is 7.95. The van der Waals surface area contributed by atoms with Crippen LogP contribution in [-0.2, 0) is 4.79 Å². The number of hydrogen-bond acceptors (Lipinski definition) is 4. The Balaban J connectivity index is 1.51. The molecular formula is C17H20N2O2S. The van der Waals surface area contributed by atoms with Crippen LogP contribution in [0.5, 0.6) is 5.75 Å². The summed E-state index contributed by atoms with van der Waals surface area (Å²) in [6.45, 7) is 4.10. The number of nitrogens with one attached hydrogen (secondary N) is 1. The molecule has 1 atom stereocenters. The molecule has 0 aliphatic heterocycles. The van der Waals surface area contributed by atoms with Gasteiger partial charge in [0.1, 0.15) is 10.8 Å². The van der Waals surface area contributed by atoms with Crippen molar-refractivity contribution in [2.24, 2.45) is 5.92 Å². The first kappa shape index (κ1) is 15.0. The van der Waals surface area contributed by atoms with Gasteiger partial charge in [0.25, 0.3) is 5.91 Å². The van der Waals surface area contributed by atoms with Crippen molar-refractivity contribution in [2.75, 3.05) is 6.61 Å². The van der Waals surface area contributed by atoms with Crippen molar-refractivity contribution >= 4 is 17.2 Å². The minimum Gasteiger partial charge on any atom is -0.484 e. The van der Waals surface area contributed by atoms with Gasteiger partial charge in [-0.2, -0.15) is 0 Å². The number of carbonyl (C=O) groups excluding carboxylic acids is 1. The first-order valence-electron chi connectivity index (χ1n) is 7.56. The highest BCUT2D eigenvalue weighted by atomic mass is 32.1. The van der Waals surface area contributed by atoms with Crippen molar-refractivity contribution in [1.29, 1.82) is 0 Å². The van der Waals surface area contributed by atoms with Crippen molar-refractivity contribution < 1.29 is 9.53 Å². The normalized spacial score (nSPS) is 15.4. The number of rotatable bonds is 6. The Kier molecular flexibility index (Phi) is 4.43. The Morgan fingerprint density at radius 2 is 2.14 bits per heavy atom. The lowest BCUT2D eigenvalue weighted by Crippen LogP contribution is -2.37. The van der Waals surface area contributed by atoms with Gasteiger partial charge >= 0.3 is 0 Å². The lowest BCUT2D eigenvalue weighted by atomic mass is 10.2. The maximum Gasteiger partial charge on any atom is 0.258 e. The average molecular weight is 316 g/mol. The minimum absolute atomic E-state index is 0.0565. The number of thiazole rings is 1. The molecule has 116 valence electrons. The summed E-state index contributed by atoms with van der Waals surface area (Å²) in [5, 5.41) is 6.01. The van der Waals surface area contributed by atoms with Crippen LogP contribution in [0.2, 0.25) is 0 Å². The predicted molar refractivity (Wildman–Crippen MR) is 88.1 cm³/mol. The number of benzene rings is 1. The molecule has 2 aromatic rings. The van der Waals surface area contributed by atoms with Crippen molar-refractivity contribution in [3.05, 3.63) is 35.3 Å². The molecule has 1 aromatic carbocycles. The lowest BCUT2D eigenvalue weighted by molar-refractivity contribution is -0.123. The van der Waals surface area contributed by atoms with Gasteiger partial charge in [-0.3, -0.25) is 4.79 Å². The molecule has 1 saturated carbocycles. The van der Waals surface area contributed by atoms with Crippen LogP contribution >= 0.6 is 11.3 Å². The van der Waals surface area contributed by atoms with Gasteiger partial charge in [-0.05, 0) is 56.9 Å². The first-order valence-corrected chi connectivity index (χ1v) is 8.44. The highest BCUT2D eigenvalue weighted by molar-refractivity contribution is 7.13. The van der Waals surface area contributed by atoms with E-state index in [4.69, 9.17) is 4.74 Å². The van der Waals surface area contributed by atoms with Gasteiger partial charge in [0.2, 0.25) is 0 Å². The fourth-order valence-corrected chi connectivity index (χ4v) is 3.14. The minimum atomic E-state index is -0.0565. The molecule has 22 heavy (non-hydrogen) atoms. The Labute approximate surface area is 134 Å². The topological polar surface area (TPSA) is 51.2 Å². The van der Waals surface area contributed by atoms with Gasteiger partial charge in [-0.15, -0.1) is 11.3 Å². The zero-order chi connectivity index (χ0) is 15.5. The highest BCUT2D eigenvalue weighted by Crippen LogP contribution is 2.32. The van der Waals surface area contributed by atoms with E-state index in [-0.39, 0.29) is 18.6 Å². The Morgan fingerprint density at radius 1 is 1.41 bits per heavy atom. The van der Waals surface area contributed by atoms with Crippen LogP contribution in [0.3, 0.4) is 0 Å². The summed E-state index contributed by atoms with van der Waals surface area (Å²) >= 11 is 1.63. The van der Waals surface area contributed by atoms with E-state index in [1.165, 1.54) is 12.8 Å². The fourth-order valence-electron chi connectivity index (χ4n) is 2.34. The summed E-state index contributed by atoms with van der Waals surface area (Å²) in [4.78, 5) is 16.3. The molecule has 0 bridgehead atoms. The molecule has 1 aliphatic rings. The smallest absolute Gasteiger partial charge is 0.258 e. The van der Waals surface area contributed by atoms with E-state index in [1.54, 1.807) is 11.3 Å². The second-order valence-corrected chi connectivity index (χ2v) is 6.66. The number of nitrogens with zero attached hydrogens (tertiary/aromatic N) is 1. The summed E-state index contributed by atoms with van der Waals surface area (Å²) in [7, 11) is 0. The molecule has 3 rings (SSSR count). The second kappa shape index (κ2) is 6.48. The molecule has 1 aliphatic carbocycles. The number of amides is 1. The molecule has 1 N–H and O–H groups in total. The van der Waals surface area contributed by atoms with E-state index in [0.29, 0.717) is 11.7 Å². The van der Waals surface area contributed by atoms with Crippen molar-refractivity contribution in [3.8, 4) is 16.3 Å². The van der Waals surface area contributed by atoms with Crippen LogP contribution in [0, 0.1) is 12.8 Å². The van der Waals surface area contributed by atoms with E-state index in [1.807, 2.05) is 36.6 Å². The Hall–Kier alpha value is -1.88.